The molecule has 0 spiro atoms. The maximum absolute atomic E-state index is 12.7. The van der Waals surface area contributed by atoms with Crippen LogP contribution in [0.25, 0.3) is 0 Å². The highest BCUT2D eigenvalue weighted by Crippen LogP contribution is 2.17. The lowest BCUT2D eigenvalue weighted by atomic mass is 10.1. The van der Waals surface area contributed by atoms with Crippen molar-refractivity contribution in [1.82, 2.24) is 5.32 Å². The molecule has 2 N–H and O–H groups in total. The van der Waals surface area contributed by atoms with E-state index in [2.05, 4.69) is 10.6 Å². The highest BCUT2D eigenvalue weighted by Gasteiger charge is 2.14. The SMILES string of the molecule is CCOc1cccc(CNC(=O)c2ccccc2NC(=O)c2ccccc2)c1. The Hall–Kier alpha value is -3.60. The molecule has 0 aliphatic rings. The first-order valence-corrected chi connectivity index (χ1v) is 9.12. The topological polar surface area (TPSA) is 67.4 Å². The molecule has 5 nitrogen and oxygen atoms in total. The number of benzene rings is 3. The Morgan fingerprint density at radius 1 is 0.857 bits per heavy atom. The van der Waals surface area contributed by atoms with Gasteiger partial charge < -0.3 is 15.4 Å². The summed E-state index contributed by atoms with van der Waals surface area (Å²) in [6.45, 7) is 2.88. The number of para-hydroxylation sites is 1. The fraction of sp³-hybridized carbons (Fsp3) is 0.130. The number of hydrogen-bond acceptors (Lipinski definition) is 3. The molecule has 0 saturated heterocycles. The molecule has 0 saturated carbocycles. The summed E-state index contributed by atoms with van der Waals surface area (Å²) in [5.41, 5.74) is 2.35. The molecule has 5 heteroatoms. The minimum absolute atomic E-state index is 0.259. The van der Waals surface area contributed by atoms with Crippen LogP contribution in [0.3, 0.4) is 0 Å². The van der Waals surface area contributed by atoms with Crippen molar-refractivity contribution in [2.45, 2.75) is 13.5 Å². The van der Waals surface area contributed by atoms with E-state index in [0.29, 0.717) is 30.0 Å². The zero-order valence-corrected chi connectivity index (χ0v) is 15.6. The standard InChI is InChI=1S/C23H22N2O3/c1-2-28-19-12-8-9-17(15-19)16-24-23(27)20-13-6-7-14-21(20)25-22(26)18-10-4-3-5-11-18/h3-15H,2,16H2,1H3,(H,24,27)(H,25,26). The van der Waals surface area contributed by atoms with Crippen molar-refractivity contribution < 1.29 is 14.3 Å². The molecular weight excluding hydrogens is 352 g/mol. The molecular formula is C23H22N2O3. The van der Waals surface area contributed by atoms with Crippen LogP contribution in [0.4, 0.5) is 5.69 Å². The Bertz CT molecular complexity index is 955. The first-order valence-electron chi connectivity index (χ1n) is 9.12. The molecule has 0 aromatic heterocycles. The van der Waals surface area contributed by atoms with Crippen LogP contribution in [0, 0.1) is 0 Å². The van der Waals surface area contributed by atoms with Crippen molar-refractivity contribution in [1.29, 1.82) is 0 Å². The van der Waals surface area contributed by atoms with Crippen LogP contribution in [-0.2, 0) is 6.54 Å². The van der Waals surface area contributed by atoms with Gasteiger partial charge >= 0.3 is 0 Å². The molecule has 2 amide bonds. The van der Waals surface area contributed by atoms with Crippen LogP contribution >= 0.6 is 0 Å². The van der Waals surface area contributed by atoms with Gasteiger partial charge in [-0.2, -0.15) is 0 Å². The van der Waals surface area contributed by atoms with Crippen LogP contribution in [-0.4, -0.2) is 18.4 Å². The van der Waals surface area contributed by atoms with Gasteiger partial charge in [-0.1, -0.05) is 42.5 Å². The van der Waals surface area contributed by atoms with Gasteiger partial charge in [-0.3, -0.25) is 9.59 Å². The summed E-state index contributed by atoms with van der Waals surface area (Å²) in [6.07, 6.45) is 0. The number of nitrogens with one attached hydrogen (secondary N) is 2. The lowest BCUT2D eigenvalue weighted by Gasteiger charge is -2.12. The van der Waals surface area contributed by atoms with Gasteiger partial charge in [0.2, 0.25) is 0 Å². The maximum atomic E-state index is 12.7. The van der Waals surface area contributed by atoms with Crippen molar-refractivity contribution in [3.8, 4) is 5.75 Å². The smallest absolute Gasteiger partial charge is 0.255 e. The zero-order valence-electron chi connectivity index (χ0n) is 15.6. The third-order valence-electron chi connectivity index (χ3n) is 4.12. The Kier molecular flexibility index (Phi) is 6.41. The first-order chi connectivity index (χ1) is 13.7. The van der Waals surface area contributed by atoms with Crippen molar-refractivity contribution in [3.05, 3.63) is 95.6 Å². The number of carbonyl (C=O) groups excluding carboxylic acids is 2. The van der Waals surface area contributed by atoms with E-state index in [9.17, 15) is 9.59 Å². The number of rotatable bonds is 7. The van der Waals surface area contributed by atoms with Crippen LogP contribution in [0.2, 0.25) is 0 Å². The van der Waals surface area contributed by atoms with Gasteiger partial charge in [0.1, 0.15) is 5.75 Å². The molecule has 3 aromatic rings. The van der Waals surface area contributed by atoms with E-state index in [1.165, 1.54) is 0 Å². The van der Waals surface area contributed by atoms with Crippen molar-refractivity contribution in [2.24, 2.45) is 0 Å². The average molecular weight is 374 g/mol. The molecule has 0 heterocycles. The number of anilines is 1. The maximum Gasteiger partial charge on any atom is 0.255 e. The molecule has 142 valence electrons. The fourth-order valence-corrected chi connectivity index (χ4v) is 2.76. The third kappa shape index (κ3) is 4.98. The largest absolute Gasteiger partial charge is 0.494 e. The van der Waals surface area contributed by atoms with Gasteiger partial charge in [-0.25, -0.2) is 0 Å². The number of hydrogen-bond donors (Lipinski definition) is 2. The molecule has 0 radical (unpaired) electrons. The third-order valence-corrected chi connectivity index (χ3v) is 4.12. The van der Waals surface area contributed by atoms with E-state index < -0.39 is 0 Å². The van der Waals surface area contributed by atoms with Crippen LogP contribution < -0.4 is 15.4 Å². The minimum atomic E-state index is -0.259. The summed E-state index contributed by atoms with van der Waals surface area (Å²) in [4.78, 5) is 25.1. The summed E-state index contributed by atoms with van der Waals surface area (Å²) in [5.74, 6) is 0.251. The molecule has 3 rings (SSSR count). The Morgan fingerprint density at radius 2 is 1.61 bits per heavy atom. The zero-order chi connectivity index (χ0) is 19.8. The predicted octanol–water partition coefficient (Wildman–Crippen LogP) is 4.27. The Balaban J connectivity index is 1.69. The second-order valence-electron chi connectivity index (χ2n) is 6.13. The molecule has 0 bridgehead atoms. The second-order valence-corrected chi connectivity index (χ2v) is 6.13. The van der Waals surface area contributed by atoms with Gasteiger partial charge in [-0.05, 0) is 48.9 Å². The van der Waals surface area contributed by atoms with E-state index in [0.717, 1.165) is 11.3 Å². The van der Waals surface area contributed by atoms with Gasteiger partial charge in [0.25, 0.3) is 11.8 Å². The van der Waals surface area contributed by atoms with Gasteiger partial charge in [-0.15, -0.1) is 0 Å². The first kappa shape index (κ1) is 19.2. The fourth-order valence-electron chi connectivity index (χ4n) is 2.76. The van der Waals surface area contributed by atoms with Gasteiger partial charge in [0, 0.05) is 12.1 Å². The summed E-state index contributed by atoms with van der Waals surface area (Å²) >= 11 is 0. The van der Waals surface area contributed by atoms with Crippen molar-refractivity contribution >= 4 is 17.5 Å². The van der Waals surface area contributed by atoms with E-state index in [4.69, 9.17) is 4.74 Å². The van der Waals surface area contributed by atoms with E-state index >= 15 is 0 Å². The normalized spacial score (nSPS) is 10.2. The molecule has 0 aliphatic heterocycles. The molecule has 0 aliphatic carbocycles. The van der Waals surface area contributed by atoms with Crippen molar-refractivity contribution in [3.63, 3.8) is 0 Å². The highest BCUT2D eigenvalue weighted by atomic mass is 16.5. The number of amides is 2. The number of carbonyl (C=O) groups is 2. The lowest BCUT2D eigenvalue weighted by molar-refractivity contribution is 0.0951. The Morgan fingerprint density at radius 3 is 2.39 bits per heavy atom. The molecule has 0 atom stereocenters. The molecule has 28 heavy (non-hydrogen) atoms. The highest BCUT2D eigenvalue weighted by molar-refractivity contribution is 6.08. The van der Waals surface area contributed by atoms with E-state index in [1.807, 2.05) is 37.3 Å². The lowest BCUT2D eigenvalue weighted by Crippen LogP contribution is -2.24. The van der Waals surface area contributed by atoms with Crippen molar-refractivity contribution in [2.75, 3.05) is 11.9 Å². The molecule has 0 fully saturated rings. The quantitative estimate of drug-likeness (QED) is 0.649. The monoisotopic (exact) mass is 374 g/mol. The van der Waals surface area contributed by atoms with Gasteiger partial charge in [0.05, 0.1) is 17.9 Å². The summed E-state index contributed by atoms with van der Waals surface area (Å²) in [6, 6.07) is 23.4. The van der Waals surface area contributed by atoms with E-state index in [1.54, 1.807) is 48.5 Å². The molecule has 0 unspecified atom stereocenters. The van der Waals surface area contributed by atoms with Crippen LogP contribution in [0.5, 0.6) is 5.75 Å². The van der Waals surface area contributed by atoms with E-state index in [-0.39, 0.29) is 11.8 Å². The summed E-state index contributed by atoms with van der Waals surface area (Å²) in [7, 11) is 0. The average Bonchev–Trinajstić information content (AvgIpc) is 2.73. The molecule has 3 aromatic carbocycles. The Labute approximate surface area is 164 Å². The predicted molar refractivity (Wildman–Crippen MR) is 110 cm³/mol. The minimum Gasteiger partial charge on any atom is -0.494 e. The second kappa shape index (κ2) is 9.37. The summed E-state index contributed by atoms with van der Waals surface area (Å²) < 4.78 is 5.48. The number of ether oxygens (including phenoxy) is 1. The summed E-state index contributed by atoms with van der Waals surface area (Å²) in [5, 5.41) is 5.70. The van der Waals surface area contributed by atoms with Crippen LogP contribution in [0.1, 0.15) is 33.2 Å². The van der Waals surface area contributed by atoms with Gasteiger partial charge in [0.15, 0.2) is 0 Å². The van der Waals surface area contributed by atoms with Crippen LogP contribution in [0.15, 0.2) is 78.9 Å².